The number of benzene rings is 2. The summed E-state index contributed by atoms with van der Waals surface area (Å²) in [6, 6.07) is 12.0. The number of ether oxygens (including phenoxy) is 1. The molecule has 34 heavy (non-hydrogen) atoms. The predicted octanol–water partition coefficient (Wildman–Crippen LogP) is 5.46. The van der Waals surface area contributed by atoms with Gasteiger partial charge in [-0.3, -0.25) is 19.5 Å². The van der Waals surface area contributed by atoms with E-state index in [1.54, 1.807) is 6.08 Å². The number of aryl methyl sites for hydroxylation is 1. The summed E-state index contributed by atoms with van der Waals surface area (Å²) in [6.45, 7) is 8.20. The average molecular weight is 502 g/mol. The van der Waals surface area contributed by atoms with Crippen molar-refractivity contribution in [3.05, 3.63) is 81.6 Å². The lowest BCUT2D eigenvalue weighted by atomic mass is 10.2. The molecule has 1 heterocycles. The molecule has 178 valence electrons. The summed E-state index contributed by atoms with van der Waals surface area (Å²) in [5, 5.41) is 22.7. The lowest BCUT2D eigenvalue weighted by molar-refractivity contribution is -0.384. The Morgan fingerprint density at radius 2 is 2.06 bits per heavy atom. The number of carbonyl (C=O) groups excluding carboxylic acids is 1. The highest BCUT2D eigenvalue weighted by molar-refractivity contribution is 7.99. The lowest BCUT2D eigenvalue weighted by Crippen LogP contribution is -2.15. The van der Waals surface area contributed by atoms with Gasteiger partial charge < -0.3 is 10.1 Å². The van der Waals surface area contributed by atoms with Crippen molar-refractivity contribution in [2.24, 2.45) is 0 Å². The highest BCUT2D eigenvalue weighted by Gasteiger charge is 2.20. The van der Waals surface area contributed by atoms with Crippen molar-refractivity contribution in [2.45, 2.75) is 38.1 Å². The molecule has 2 aromatic carbocycles. The third-order valence-electron chi connectivity index (χ3n) is 4.82. The zero-order chi connectivity index (χ0) is 24.7. The maximum Gasteiger partial charge on any atom is 0.289 e. The molecule has 1 atom stereocenters. The van der Waals surface area contributed by atoms with Crippen LogP contribution in [0.1, 0.15) is 31.3 Å². The Balaban J connectivity index is 1.66. The fraction of sp³-hybridized carbons (Fsp3) is 0.261. The van der Waals surface area contributed by atoms with E-state index in [2.05, 4.69) is 29.0 Å². The van der Waals surface area contributed by atoms with Crippen LogP contribution in [0, 0.1) is 10.1 Å². The van der Waals surface area contributed by atoms with Crippen LogP contribution in [0.15, 0.2) is 60.3 Å². The molecule has 0 aliphatic rings. The van der Waals surface area contributed by atoms with Gasteiger partial charge in [0.2, 0.25) is 5.91 Å². The Bertz CT molecular complexity index is 1180. The molecule has 0 fully saturated rings. The van der Waals surface area contributed by atoms with Gasteiger partial charge in [-0.2, -0.15) is 0 Å². The number of hydrogen-bond acceptors (Lipinski definition) is 7. The molecule has 9 nitrogen and oxygen atoms in total. The van der Waals surface area contributed by atoms with E-state index in [1.165, 1.54) is 35.5 Å². The molecule has 11 heteroatoms. The van der Waals surface area contributed by atoms with Gasteiger partial charge in [0.15, 0.2) is 17.1 Å². The van der Waals surface area contributed by atoms with Crippen molar-refractivity contribution in [1.82, 2.24) is 14.8 Å². The van der Waals surface area contributed by atoms with Crippen LogP contribution in [0.5, 0.6) is 5.75 Å². The summed E-state index contributed by atoms with van der Waals surface area (Å²) in [7, 11) is 0. The molecule has 3 aromatic rings. The second-order valence-electron chi connectivity index (χ2n) is 7.26. The smallest absolute Gasteiger partial charge is 0.289 e. The Morgan fingerprint density at radius 1 is 1.32 bits per heavy atom. The number of aromatic nitrogens is 3. The Hall–Kier alpha value is -3.37. The lowest BCUT2D eigenvalue weighted by Gasteiger charge is -2.16. The molecule has 0 aliphatic heterocycles. The fourth-order valence-corrected chi connectivity index (χ4v) is 4.07. The normalized spacial score (nSPS) is 11.6. The van der Waals surface area contributed by atoms with Gasteiger partial charge in [0.25, 0.3) is 5.69 Å². The van der Waals surface area contributed by atoms with Gasteiger partial charge in [-0.05, 0) is 43.2 Å². The number of nitro groups is 1. The molecular weight excluding hydrogens is 478 g/mol. The summed E-state index contributed by atoms with van der Waals surface area (Å²) in [4.78, 5) is 22.9. The van der Waals surface area contributed by atoms with Crippen LogP contribution in [0.4, 0.5) is 11.4 Å². The van der Waals surface area contributed by atoms with Crippen molar-refractivity contribution in [2.75, 3.05) is 11.1 Å². The van der Waals surface area contributed by atoms with Crippen molar-refractivity contribution >= 4 is 40.6 Å². The summed E-state index contributed by atoms with van der Waals surface area (Å²) >= 11 is 7.01. The standard InChI is InChI=1S/C23H24ClN5O4S/c1-4-12-28-22(15(3)33-18-9-6-16(5-2)7-10-18)26-27-23(28)34-14-21(30)25-17-8-11-19(24)20(13-17)29(31)32/h4,6-11,13,15H,1,5,12,14H2,2-3H3,(H,25,30). The van der Waals surface area contributed by atoms with Crippen molar-refractivity contribution in [3.63, 3.8) is 0 Å². The van der Waals surface area contributed by atoms with Gasteiger partial charge in [0.1, 0.15) is 10.8 Å². The first-order valence-electron chi connectivity index (χ1n) is 10.5. The molecule has 0 saturated carbocycles. The van der Waals surface area contributed by atoms with E-state index in [1.807, 2.05) is 35.8 Å². The van der Waals surface area contributed by atoms with Crippen LogP contribution in [-0.2, 0) is 17.8 Å². The van der Waals surface area contributed by atoms with Crippen molar-refractivity contribution in [1.29, 1.82) is 0 Å². The second kappa shape index (κ2) is 11.7. The molecule has 0 aliphatic carbocycles. The maximum atomic E-state index is 12.4. The van der Waals surface area contributed by atoms with E-state index in [4.69, 9.17) is 16.3 Å². The zero-order valence-electron chi connectivity index (χ0n) is 18.7. The summed E-state index contributed by atoms with van der Waals surface area (Å²) in [6.07, 6.45) is 2.29. The molecule has 0 bridgehead atoms. The van der Waals surface area contributed by atoms with Crippen LogP contribution in [0.25, 0.3) is 0 Å². The Labute approximate surface area is 206 Å². The highest BCUT2D eigenvalue weighted by atomic mass is 35.5. The quantitative estimate of drug-likeness (QED) is 0.161. The fourth-order valence-electron chi connectivity index (χ4n) is 3.13. The van der Waals surface area contributed by atoms with Gasteiger partial charge >= 0.3 is 0 Å². The number of halogens is 1. The SMILES string of the molecule is C=CCn1c(SCC(=O)Nc2ccc(Cl)c([N+](=O)[O-])c2)nnc1C(C)Oc1ccc(CC)cc1. The summed E-state index contributed by atoms with van der Waals surface area (Å²) in [5.41, 5.74) is 1.23. The van der Waals surface area contributed by atoms with Gasteiger partial charge in [-0.1, -0.05) is 48.5 Å². The van der Waals surface area contributed by atoms with Gasteiger partial charge in [-0.25, -0.2) is 0 Å². The zero-order valence-corrected chi connectivity index (χ0v) is 20.3. The number of carbonyl (C=O) groups is 1. The molecular formula is C23H24ClN5O4S. The first-order chi connectivity index (χ1) is 16.3. The second-order valence-corrected chi connectivity index (χ2v) is 8.61. The number of nitrogens with one attached hydrogen (secondary N) is 1. The number of nitro benzene ring substituents is 1. The van der Waals surface area contributed by atoms with Gasteiger partial charge in [0, 0.05) is 18.3 Å². The topological polar surface area (TPSA) is 112 Å². The molecule has 1 N–H and O–H groups in total. The molecule has 3 rings (SSSR count). The number of amides is 1. The average Bonchev–Trinajstić information content (AvgIpc) is 3.22. The number of nitrogens with zero attached hydrogens (tertiary/aromatic N) is 4. The first-order valence-corrected chi connectivity index (χ1v) is 11.8. The summed E-state index contributed by atoms with van der Waals surface area (Å²) in [5.74, 6) is 1.01. The van der Waals surface area contributed by atoms with Gasteiger partial charge in [0.05, 0.1) is 10.7 Å². The third kappa shape index (κ3) is 6.36. The van der Waals surface area contributed by atoms with E-state index >= 15 is 0 Å². The number of thioether (sulfide) groups is 1. The van der Waals surface area contributed by atoms with Crippen molar-refractivity contribution < 1.29 is 14.5 Å². The van der Waals surface area contributed by atoms with E-state index in [-0.39, 0.29) is 34.2 Å². The largest absolute Gasteiger partial charge is 0.483 e. The van der Waals surface area contributed by atoms with Crippen LogP contribution < -0.4 is 10.1 Å². The molecule has 0 saturated heterocycles. The molecule has 1 aromatic heterocycles. The highest BCUT2D eigenvalue weighted by Crippen LogP contribution is 2.28. The minimum absolute atomic E-state index is 0.0000701. The van der Waals surface area contributed by atoms with E-state index in [0.717, 1.165) is 12.2 Å². The van der Waals surface area contributed by atoms with Crippen molar-refractivity contribution in [3.8, 4) is 5.75 Å². The first kappa shape index (κ1) is 25.3. The third-order valence-corrected chi connectivity index (χ3v) is 6.11. The Kier molecular flexibility index (Phi) is 8.67. The van der Waals surface area contributed by atoms with E-state index in [0.29, 0.717) is 17.5 Å². The minimum atomic E-state index is -0.604. The number of allylic oxidation sites excluding steroid dienone is 1. The molecule has 1 unspecified atom stereocenters. The molecule has 0 spiro atoms. The number of anilines is 1. The number of hydrogen-bond donors (Lipinski definition) is 1. The van der Waals surface area contributed by atoms with Crippen LogP contribution in [0.3, 0.4) is 0 Å². The number of rotatable bonds is 11. The van der Waals surface area contributed by atoms with Crippen LogP contribution >= 0.6 is 23.4 Å². The Morgan fingerprint density at radius 3 is 2.71 bits per heavy atom. The molecule has 1 amide bonds. The monoisotopic (exact) mass is 501 g/mol. The molecule has 0 radical (unpaired) electrons. The minimum Gasteiger partial charge on any atom is -0.483 e. The maximum absolute atomic E-state index is 12.4. The van der Waals surface area contributed by atoms with Gasteiger partial charge in [-0.15, -0.1) is 16.8 Å². The van der Waals surface area contributed by atoms with E-state index < -0.39 is 4.92 Å². The van der Waals surface area contributed by atoms with E-state index in [9.17, 15) is 14.9 Å². The summed E-state index contributed by atoms with van der Waals surface area (Å²) < 4.78 is 7.87. The van der Waals surface area contributed by atoms with Crippen LogP contribution in [0.2, 0.25) is 5.02 Å². The predicted molar refractivity (Wildman–Crippen MR) is 133 cm³/mol. The van der Waals surface area contributed by atoms with Crippen LogP contribution in [-0.4, -0.2) is 31.3 Å².